The van der Waals surface area contributed by atoms with Crippen molar-refractivity contribution in [3.05, 3.63) is 22.2 Å². The van der Waals surface area contributed by atoms with Crippen LogP contribution in [0, 0.1) is 0 Å². The fourth-order valence-electron chi connectivity index (χ4n) is 0.748. The second kappa shape index (κ2) is 3.96. The lowest BCUT2D eigenvalue weighted by Gasteiger charge is -2.12. The molecule has 78 valence electrons. The Balaban J connectivity index is 3.04. The maximum Gasteiger partial charge on any atom is 0.487 e. The number of alkyl halides is 3. The Morgan fingerprint density at radius 3 is 2.29 bits per heavy atom. The molecule has 1 aromatic carbocycles. The highest BCUT2D eigenvalue weighted by Crippen LogP contribution is 2.36. The summed E-state index contributed by atoms with van der Waals surface area (Å²) in [5, 5.41) is 0.0600. The number of hydrogen-bond acceptors (Lipinski definition) is 2. The van der Waals surface area contributed by atoms with E-state index in [9.17, 15) is 8.78 Å². The van der Waals surface area contributed by atoms with E-state index in [0.29, 0.717) is 0 Å². The number of hydrogen-bond donors (Lipinski definition) is 1. The largest absolute Gasteiger partial charge is 0.487 e. The van der Waals surface area contributed by atoms with E-state index in [4.69, 9.17) is 28.9 Å². The molecule has 0 amide bonds. The topological polar surface area (TPSA) is 35.2 Å². The summed E-state index contributed by atoms with van der Waals surface area (Å²) in [6.07, 6.45) is 0. The van der Waals surface area contributed by atoms with Crippen LogP contribution in [-0.2, 0) is 0 Å². The number of nitrogen functional groups attached to an aromatic ring is 1. The first-order valence-corrected chi connectivity index (χ1v) is 4.43. The van der Waals surface area contributed by atoms with Crippen LogP contribution >= 0.6 is 34.8 Å². The second-order valence-electron chi connectivity index (χ2n) is 2.35. The summed E-state index contributed by atoms with van der Waals surface area (Å²) in [5.41, 5.74) is 1.60. The maximum atomic E-state index is 12.2. The number of ether oxygens (including phenoxy) is 1. The van der Waals surface area contributed by atoms with Crippen molar-refractivity contribution in [2.45, 2.75) is 5.57 Å². The Labute approximate surface area is 93.5 Å². The van der Waals surface area contributed by atoms with Crippen molar-refractivity contribution < 1.29 is 13.5 Å². The van der Waals surface area contributed by atoms with E-state index in [-0.39, 0.29) is 21.5 Å². The zero-order chi connectivity index (χ0) is 10.9. The van der Waals surface area contributed by atoms with E-state index in [1.807, 2.05) is 0 Å². The molecule has 0 saturated carbocycles. The molecule has 0 heterocycles. The van der Waals surface area contributed by atoms with Gasteiger partial charge in [0.05, 0.1) is 15.7 Å². The minimum atomic E-state index is -3.83. The monoisotopic (exact) mass is 261 g/mol. The highest BCUT2D eigenvalue weighted by atomic mass is 35.5. The Kier molecular flexibility index (Phi) is 3.29. The van der Waals surface area contributed by atoms with Crippen LogP contribution < -0.4 is 10.5 Å². The first-order chi connectivity index (χ1) is 6.29. The number of halogens is 5. The van der Waals surface area contributed by atoms with Gasteiger partial charge in [0.25, 0.3) is 0 Å². The SMILES string of the molecule is Nc1cc(OC(F)(F)Cl)c(Cl)cc1Cl. The number of rotatable bonds is 2. The van der Waals surface area contributed by atoms with Gasteiger partial charge in [0, 0.05) is 17.7 Å². The maximum absolute atomic E-state index is 12.2. The Morgan fingerprint density at radius 2 is 1.79 bits per heavy atom. The minimum absolute atomic E-state index is 0.0759. The van der Waals surface area contributed by atoms with E-state index in [1.165, 1.54) is 6.07 Å². The molecule has 0 spiro atoms. The van der Waals surface area contributed by atoms with Gasteiger partial charge in [-0.1, -0.05) is 23.2 Å². The van der Waals surface area contributed by atoms with Gasteiger partial charge in [-0.2, -0.15) is 0 Å². The van der Waals surface area contributed by atoms with Crippen LogP contribution in [0.25, 0.3) is 0 Å². The third kappa shape index (κ3) is 3.04. The van der Waals surface area contributed by atoms with Gasteiger partial charge in [-0.25, -0.2) is 0 Å². The molecule has 2 N–H and O–H groups in total. The smallest absolute Gasteiger partial charge is 0.418 e. The summed E-state index contributed by atoms with van der Waals surface area (Å²) in [6.45, 7) is 0. The molecule has 0 unspecified atom stereocenters. The van der Waals surface area contributed by atoms with Crippen LogP contribution in [0.15, 0.2) is 12.1 Å². The van der Waals surface area contributed by atoms with Gasteiger partial charge in [-0.3, -0.25) is 0 Å². The van der Waals surface area contributed by atoms with Crippen LogP contribution in [0.1, 0.15) is 0 Å². The van der Waals surface area contributed by atoms with Crippen molar-refractivity contribution >= 4 is 40.5 Å². The van der Waals surface area contributed by atoms with Crippen molar-refractivity contribution in [2.24, 2.45) is 0 Å². The third-order valence-corrected chi connectivity index (χ3v) is 1.98. The van der Waals surface area contributed by atoms with Crippen LogP contribution in [0.2, 0.25) is 10.0 Å². The van der Waals surface area contributed by atoms with Crippen molar-refractivity contribution in [3.63, 3.8) is 0 Å². The van der Waals surface area contributed by atoms with Gasteiger partial charge in [-0.15, -0.1) is 8.78 Å². The predicted molar refractivity (Wildman–Crippen MR) is 52.3 cm³/mol. The van der Waals surface area contributed by atoms with Crippen molar-refractivity contribution in [2.75, 3.05) is 5.73 Å². The number of benzene rings is 1. The second-order valence-corrected chi connectivity index (χ2v) is 3.61. The molecule has 14 heavy (non-hydrogen) atoms. The average Bonchev–Trinajstić information content (AvgIpc) is 1.97. The number of anilines is 1. The molecule has 0 aliphatic heterocycles. The van der Waals surface area contributed by atoms with E-state index in [2.05, 4.69) is 16.3 Å². The molecule has 1 rings (SSSR count). The normalized spacial score (nSPS) is 11.5. The molecule has 0 aliphatic carbocycles. The van der Waals surface area contributed by atoms with Gasteiger partial charge in [0.15, 0.2) is 0 Å². The molecule has 0 aliphatic rings. The molecule has 7 heteroatoms. The Hall–Kier alpha value is -0.450. The molecule has 1 aromatic rings. The van der Waals surface area contributed by atoms with Crippen molar-refractivity contribution in [1.29, 1.82) is 0 Å². The lowest BCUT2D eigenvalue weighted by Crippen LogP contribution is -2.16. The van der Waals surface area contributed by atoms with Crippen molar-refractivity contribution in [1.82, 2.24) is 0 Å². The highest BCUT2D eigenvalue weighted by molar-refractivity contribution is 6.37. The fourth-order valence-corrected chi connectivity index (χ4v) is 1.25. The quantitative estimate of drug-likeness (QED) is 0.651. The van der Waals surface area contributed by atoms with E-state index in [1.54, 1.807) is 0 Å². The Morgan fingerprint density at radius 1 is 1.21 bits per heavy atom. The average molecular weight is 262 g/mol. The molecular formula is C7H4Cl3F2NO. The van der Waals surface area contributed by atoms with E-state index in [0.717, 1.165) is 6.07 Å². The van der Waals surface area contributed by atoms with Gasteiger partial charge in [0.2, 0.25) is 0 Å². The van der Waals surface area contributed by atoms with Gasteiger partial charge >= 0.3 is 5.57 Å². The predicted octanol–water partition coefficient (Wildman–Crippen LogP) is 3.74. The van der Waals surface area contributed by atoms with Gasteiger partial charge < -0.3 is 10.5 Å². The lowest BCUT2D eigenvalue weighted by molar-refractivity contribution is -0.0963. The molecule has 0 bridgehead atoms. The zero-order valence-corrected chi connectivity index (χ0v) is 8.80. The van der Waals surface area contributed by atoms with Crippen LogP contribution in [0.4, 0.5) is 14.5 Å². The highest BCUT2D eigenvalue weighted by Gasteiger charge is 2.28. The molecular weight excluding hydrogens is 258 g/mol. The third-order valence-electron chi connectivity index (χ3n) is 1.28. The summed E-state index contributed by atoms with van der Waals surface area (Å²) in [5.74, 6) is -0.325. The van der Waals surface area contributed by atoms with Crippen LogP contribution in [0.3, 0.4) is 0 Å². The van der Waals surface area contributed by atoms with Crippen LogP contribution in [0.5, 0.6) is 5.75 Å². The van der Waals surface area contributed by atoms with E-state index >= 15 is 0 Å². The van der Waals surface area contributed by atoms with Crippen LogP contribution in [-0.4, -0.2) is 5.57 Å². The zero-order valence-electron chi connectivity index (χ0n) is 6.53. The molecule has 0 saturated heterocycles. The summed E-state index contributed by atoms with van der Waals surface area (Å²) < 4.78 is 28.5. The lowest BCUT2D eigenvalue weighted by atomic mass is 10.3. The molecule has 0 aromatic heterocycles. The first-order valence-electron chi connectivity index (χ1n) is 3.30. The van der Waals surface area contributed by atoms with Gasteiger partial charge in [-0.05, 0) is 6.07 Å². The summed E-state index contributed by atoms with van der Waals surface area (Å²) in [6, 6.07) is 2.26. The standard InChI is InChI=1S/C7H4Cl3F2NO/c8-3-1-4(9)6(2-5(3)13)14-7(10,11)12/h1-2H,13H2. The Bertz CT molecular complexity index is 354. The van der Waals surface area contributed by atoms with Crippen molar-refractivity contribution in [3.8, 4) is 5.75 Å². The number of nitrogens with two attached hydrogens (primary N) is 1. The molecule has 2 nitrogen and oxygen atoms in total. The summed E-state index contributed by atoms with van der Waals surface area (Å²) in [4.78, 5) is 0. The fraction of sp³-hybridized carbons (Fsp3) is 0.143. The summed E-state index contributed by atoms with van der Waals surface area (Å²) >= 11 is 15.7. The molecule has 0 atom stereocenters. The first kappa shape index (κ1) is 11.6. The van der Waals surface area contributed by atoms with Gasteiger partial charge in [0.1, 0.15) is 5.75 Å². The minimum Gasteiger partial charge on any atom is -0.418 e. The summed E-state index contributed by atoms with van der Waals surface area (Å²) in [7, 11) is 0. The molecule has 0 radical (unpaired) electrons. The molecule has 0 fully saturated rings. The van der Waals surface area contributed by atoms with E-state index < -0.39 is 5.57 Å².